The lowest BCUT2D eigenvalue weighted by atomic mass is 10.2. The molecule has 154 valence electrons. The zero-order valence-corrected chi connectivity index (χ0v) is 19.9. The number of amides is 1. The molecule has 0 aliphatic rings. The number of nitrogens with one attached hydrogen (secondary N) is 1. The highest BCUT2D eigenvalue weighted by Crippen LogP contribution is 2.35. The van der Waals surface area contributed by atoms with E-state index in [9.17, 15) is 9.90 Å². The third-order valence-corrected chi connectivity index (χ3v) is 5.70. The molecule has 0 radical (unpaired) electrons. The van der Waals surface area contributed by atoms with Gasteiger partial charge in [-0.05, 0) is 73.8 Å². The molecule has 0 saturated carbocycles. The lowest BCUT2D eigenvalue weighted by molar-refractivity contribution is 0.0952. The van der Waals surface area contributed by atoms with Crippen molar-refractivity contribution in [3.05, 3.63) is 90.3 Å². The summed E-state index contributed by atoms with van der Waals surface area (Å²) in [6, 6.07) is 15.0. The summed E-state index contributed by atoms with van der Waals surface area (Å²) < 4.78 is 7.26. The van der Waals surface area contributed by atoms with Gasteiger partial charge in [-0.3, -0.25) is 4.79 Å². The third-order valence-electron chi connectivity index (χ3n) is 3.94. The monoisotopic (exact) mass is 570 g/mol. The van der Waals surface area contributed by atoms with E-state index >= 15 is 0 Å². The van der Waals surface area contributed by atoms with Crippen molar-refractivity contribution in [1.29, 1.82) is 0 Å². The fraction of sp³-hybridized carbons (Fsp3) is 0.0476. The number of rotatable bonds is 6. The number of benzene rings is 3. The van der Waals surface area contributed by atoms with Crippen LogP contribution in [0.1, 0.15) is 21.5 Å². The maximum Gasteiger partial charge on any atom is 0.275 e. The van der Waals surface area contributed by atoms with Crippen LogP contribution in [-0.4, -0.2) is 17.2 Å². The molecule has 0 spiro atoms. The highest BCUT2D eigenvalue weighted by Gasteiger charge is 2.11. The fourth-order valence-corrected chi connectivity index (χ4v) is 4.39. The molecule has 5 nitrogen and oxygen atoms in total. The number of phenols is 1. The lowest BCUT2D eigenvalue weighted by Gasteiger charge is -2.12. The van der Waals surface area contributed by atoms with Crippen molar-refractivity contribution in [1.82, 2.24) is 5.43 Å². The van der Waals surface area contributed by atoms with E-state index in [0.29, 0.717) is 30.3 Å². The number of hydrazone groups is 1. The first-order chi connectivity index (χ1) is 14.3. The molecular formula is C21H14Br2Cl2N2O3. The van der Waals surface area contributed by atoms with Crippen molar-refractivity contribution < 1.29 is 14.6 Å². The molecule has 0 atom stereocenters. The van der Waals surface area contributed by atoms with Crippen molar-refractivity contribution in [2.45, 2.75) is 6.61 Å². The highest BCUT2D eigenvalue weighted by atomic mass is 79.9. The van der Waals surface area contributed by atoms with Crippen LogP contribution < -0.4 is 10.2 Å². The summed E-state index contributed by atoms with van der Waals surface area (Å²) in [6.45, 7) is 0.261. The van der Waals surface area contributed by atoms with Crippen LogP contribution in [0.2, 0.25) is 10.0 Å². The Morgan fingerprint density at radius 3 is 2.47 bits per heavy atom. The molecule has 3 aromatic rings. The summed E-state index contributed by atoms with van der Waals surface area (Å²) in [4.78, 5) is 12.1. The Labute approximate surface area is 199 Å². The van der Waals surface area contributed by atoms with Crippen LogP contribution in [-0.2, 0) is 6.61 Å². The molecule has 0 aliphatic heterocycles. The number of nitrogens with zero attached hydrogens (tertiary/aromatic N) is 1. The molecule has 3 rings (SSSR count). The van der Waals surface area contributed by atoms with E-state index in [0.717, 1.165) is 5.56 Å². The molecule has 0 bridgehead atoms. The minimum Gasteiger partial charge on any atom is -0.507 e. The molecule has 0 aliphatic carbocycles. The summed E-state index contributed by atoms with van der Waals surface area (Å²) in [6.07, 6.45) is 1.48. The number of carbonyl (C=O) groups is 1. The van der Waals surface area contributed by atoms with Gasteiger partial charge < -0.3 is 9.84 Å². The Kier molecular flexibility index (Phi) is 7.77. The Bertz CT molecular complexity index is 1100. The summed E-state index contributed by atoms with van der Waals surface area (Å²) in [7, 11) is 0. The van der Waals surface area contributed by atoms with Crippen molar-refractivity contribution in [2.24, 2.45) is 5.10 Å². The Morgan fingerprint density at radius 2 is 1.80 bits per heavy atom. The van der Waals surface area contributed by atoms with Crippen molar-refractivity contribution in [3.63, 3.8) is 0 Å². The Hall–Kier alpha value is -2.06. The Morgan fingerprint density at radius 1 is 1.10 bits per heavy atom. The van der Waals surface area contributed by atoms with Crippen LogP contribution in [0, 0.1) is 0 Å². The second kappa shape index (κ2) is 10.3. The van der Waals surface area contributed by atoms with Gasteiger partial charge in [-0.25, -0.2) is 5.43 Å². The van der Waals surface area contributed by atoms with E-state index in [1.54, 1.807) is 42.5 Å². The topological polar surface area (TPSA) is 70.9 Å². The van der Waals surface area contributed by atoms with Crippen LogP contribution in [0.5, 0.6) is 11.5 Å². The molecule has 0 unspecified atom stereocenters. The molecule has 0 saturated heterocycles. The Balaban J connectivity index is 1.67. The molecule has 3 aromatic carbocycles. The van der Waals surface area contributed by atoms with Gasteiger partial charge in [-0.2, -0.15) is 5.10 Å². The van der Waals surface area contributed by atoms with Gasteiger partial charge in [0.2, 0.25) is 0 Å². The molecule has 0 aromatic heterocycles. The maximum atomic E-state index is 12.1. The number of phenolic OH excluding ortho intramolecular Hbond substituents is 1. The molecule has 9 heteroatoms. The average molecular weight is 573 g/mol. The van der Waals surface area contributed by atoms with Gasteiger partial charge in [0.1, 0.15) is 18.1 Å². The number of aromatic hydroxyl groups is 1. The summed E-state index contributed by atoms with van der Waals surface area (Å²) in [5.41, 5.74) is 4.04. The molecule has 30 heavy (non-hydrogen) atoms. The molecular weight excluding hydrogens is 559 g/mol. The summed E-state index contributed by atoms with van der Waals surface area (Å²) in [5, 5.41) is 14.7. The zero-order valence-electron chi connectivity index (χ0n) is 15.2. The molecule has 0 heterocycles. The smallest absolute Gasteiger partial charge is 0.275 e. The van der Waals surface area contributed by atoms with E-state index < -0.39 is 5.91 Å². The number of ether oxygens (including phenoxy) is 1. The molecule has 0 fully saturated rings. The van der Waals surface area contributed by atoms with Crippen LogP contribution >= 0.6 is 55.1 Å². The highest BCUT2D eigenvalue weighted by molar-refractivity contribution is 9.11. The first kappa shape index (κ1) is 22.6. The van der Waals surface area contributed by atoms with Gasteiger partial charge in [0.25, 0.3) is 5.91 Å². The first-order valence-electron chi connectivity index (χ1n) is 8.52. The minimum atomic E-state index is -0.512. The van der Waals surface area contributed by atoms with Crippen LogP contribution in [0.3, 0.4) is 0 Å². The number of halogens is 4. The van der Waals surface area contributed by atoms with Crippen LogP contribution in [0.25, 0.3) is 0 Å². The van der Waals surface area contributed by atoms with Gasteiger partial charge in [0, 0.05) is 15.6 Å². The first-order valence-corrected chi connectivity index (χ1v) is 10.9. The van der Waals surface area contributed by atoms with E-state index in [1.165, 1.54) is 18.3 Å². The van der Waals surface area contributed by atoms with E-state index in [1.807, 2.05) is 0 Å². The second-order valence-electron chi connectivity index (χ2n) is 6.05. The predicted octanol–water partition coefficient (Wildman–Crippen LogP) is 6.57. The SMILES string of the molecule is O=C(NN=Cc1cc(Br)c(OCc2ccc(Cl)cc2Cl)c(Br)c1)c1ccccc1O. The lowest BCUT2D eigenvalue weighted by Crippen LogP contribution is -2.17. The van der Waals surface area contributed by atoms with Gasteiger partial charge >= 0.3 is 0 Å². The minimum absolute atomic E-state index is 0.113. The van der Waals surface area contributed by atoms with Gasteiger partial charge in [0.05, 0.1) is 20.7 Å². The summed E-state index contributed by atoms with van der Waals surface area (Å²) >= 11 is 19.1. The number of para-hydroxylation sites is 1. The standard InChI is InChI=1S/C21H14Br2Cl2N2O3/c22-16-7-12(10-26-27-21(29)15-3-1-2-4-19(15)28)8-17(23)20(16)30-11-13-5-6-14(24)9-18(13)25/h1-10,28H,11H2,(H,27,29). The second-order valence-corrected chi connectivity index (χ2v) is 8.61. The van der Waals surface area contributed by atoms with Gasteiger partial charge in [-0.15, -0.1) is 0 Å². The van der Waals surface area contributed by atoms with Crippen molar-refractivity contribution in [3.8, 4) is 11.5 Å². The maximum absolute atomic E-state index is 12.1. The van der Waals surface area contributed by atoms with Crippen LogP contribution in [0.4, 0.5) is 0 Å². The number of hydrogen-bond acceptors (Lipinski definition) is 4. The van der Waals surface area contributed by atoms with Crippen LogP contribution in [0.15, 0.2) is 68.6 Å². The third kappa shape index (κ3) is 5.76. The van der Waals surface area contributed by atoms with Crippen molar-refractivity contribution in [2.75, 3.05) is 0 Å². The molecule has 2 N–H and O–H groups in total. The number of carbonyl (C=O) groups excluding carboxylic acids is 1. The van der Waals surface area contributed by atoms with Gasteiger partial charge in [0.15, 0.2) is 0 Å². The van der Waals surface area contributed by atoms with Crippen molar-refractivity contribution >= 4 is 67.2 Å². The van der Waals surface area contributed by atoms with E-state index in [-0.39, 0.29) is 17.9 Å². The fourth-order valence-electron chi connectivity index (χ4n) is 2.47. The van der Waals surface area contributed by atoms with E-state index in [4.69, 9.17) is 27.9 Å². The number of hydrogen-bond donors (Lipinski definition) is 2. The predicted molar refractivity (Wildman–Crippen MR) is 126 cm³/mol. The quantitative estimate of drug-likeness (QED) is 0.259. The normalized spacial score (nSPS) is 10.9. The van der Waals surface area contributed by atoms with Gasteiger partial charge in [-0.1, -0.05) is 41.4 Å². The molecule has 1 amide bonds. The van der Waals surface area contributed by atoms with E-state index in [2.05, 4.69) is 42.4 Å². The average Bonchev–Trinajstić information content (AvgIpc) is 2.69. The zero-order chi connectivity index (χ0) is 21.7. The summed E-state index contributed by atoms with van der Waals surface area (Å²) in [5.74, 6) is -0.0309. The largest absolute Gasteiger partial charge is 0.507 e.